The van der Waals surface area contributed by atoms with Gasteiger partial charge in [-0.3, -0.25) is 4.79 Å². The van der Waals surface area contributed by atoms with E-state index < -0.39 is 0 Å². The lowest BCUT2D eigenvalue weighted by Gasteiger charge is -2.21. The highest BCUT2D eigenvalue weighted by atomic mass is 32.2. The molecule has 0 spiro atoms. The summed E-state index contributed by atoms with van der Waals surface area (Å²) in [6.45, 7) is 1.90. The first-order valence-electron chi connectivity index (χ1n) is 8.03. The SMILES string of the molecule is C[C@@H](NC(=O)c1ccc(C2SCCCS2)cc1)c1ccc(F)cc1. The molecular formula is C19H20FNOS2. The predicted octanol–water partition coefficient (Wildman–Crippen LogP) is 5.19. The standard InChI is InChI=1S/C19H20FNOS2/c1-13(14-7-9-17(20)10-8-14)21-18(22)15-3-5-16(6-4-15)19-23-11-2-12-24-19/h3-10,13,19H,2,11-12H2,1H3,(H,21,22)/t13-/m1/s1. The summed E-state index contributed by atoms with van der Waals surface area (Å²) >= 11 is 3.94. The van der Waals surface area contributed by atoms with E-state index in [9.17, 15) is 9.18 Å². The third kappa shape index (κ3) is 4.33. The van der Waals surface area contributed by atoms with Crippen LogP contribution in [0, 0.1) is 5.82 Å². The lowest BCUT2D eigenvalue weighted by Crippen LogP contribution is -2.26. The van der Waals surface area contributed by atoms with E-state index in [0.717, 1.165) is 5.56 Å². The Morgan fingerprint density at radius 2 is 1.71 bits per heavy atom. The van der Waals surface area contributed by atoms with Gasteiger partial charge in [0.2, 0.25) is 0 Å². The van der Waals surface area contributed by atoms with Crippen molar-refractivity contribution in [3.05, 3.63) is 71.0 Å². The van der Waals surface area contributed by atoms with Gasteiger partial charge in [-0.15, -0.1) is 23.5 Å². The quantitative estimate of drug-likeness (QED) is 0.813. The molecule has 0 unspecified atom stereocenters. The van der Waals surface area contributed by atoms with Gasteiger partial charge >= 0.3 is 0 Å². The molecule has 1 aliphatic heterocycles. The van der Waals surface area contributed by atoms with Crippen molar-refractivity contribution in [1.29, 1.82) is 0 Å². The predicted molar refractivity (Wildman–Crippen MR) is 101 cm³/mol. The largest absolute Gasteiger partial charge is 0.346 e. The third-order valence-corrected chi connectivity index (χ3v) is 7.00. The zero-order valence-corrected chi connectivity index (χ0v) is 15.1. The second-order valence-corrected chi connectivity index (χ2v) is 8.52. The molecule has 126 valence electrons. The summed E-state index contributed by atoms with van der Waals surface area (Å²) in [5, 5.41) is 2.96. The zero-order valence-electron chi connectivity index (χ0n) is 13.5. The average Bonchev–Trinajstić information content (AvgIpc) is 2.63. The van der Waals surface area contributed by atoms with Crippen molar-refractivity contribution in [2.24, 2.45) is 0 Å². The van der Waals surface area contributed by atoms with Crippen molar-refractivity contribution in [2.45, 2.75) is 24.0 Å². The summed E-state index contributed by atoms with van der Waals surface area (Å²) in [5.74, 6) is 2.03. The summed E-state index contributed by atoms with van der Waals surface area (Å²) in [6, 6.07) is 13.9. The second-order valence-electron chi connectivity index (χ2n) is 5.80. The van der Waals surface area contributed by atoms with Gasteiger partial charge in [0.05, 0.1) is 10.6 Å². The van der Waals surface area contributed by atoms with Crippen LogP contribution in [0.15, 0.2) is 48.5 Å². The Morgan fingerprint density at radius 3 is 2.33 bits per heavy atom. The first kappa shape index (κ1) is 17.4. The number of hydrogen-bond donors (Lipinski definition) is 1. The lowest BCUT2D eigenvalue weighted by atomic mass is 10.1. The average molecular weight is 362 g/mol. The Kier molecular flexibility index (Phi) is 5.85. The van der Waals surface area contributed by atoms with Gasteiger partial charge in [0.1, 0.15) is 5.82 Å². The Morgan fingerprint density at radius 1 is 1.08 bits per heavy atom. The molecule has 0 aliphatic carbocycles. The van der Waals surface area contributed by atoms with Gasteiger partial charge in [0, 0.05) is 5.56 Å². The molecule has 1 fully saturated rings. The summed E-state index contributed by atoms with van der Waals surface area (Å²) in [4.78, 5) is 12.4. The number of nitrogens with one attached hydrogen (secondary N) is 1. The molecule has 0 bridgehead atoms. The number of rotatable bonds is 4. The number of thioether (sulfide) groups is 2. The van der Waals surface area contributed by atoms with Crippen molar-refractivity contribution in [2.75, 3.05) is 11.5 Å². The number of carbonyl (C=O) groups excluding carboxylic acids is 1. The highest BCUT2D eigenvalue weighted by Crippen LogP contribution is 2.43. The number of amides is 1. The van der Waals surface area contributed by atoms with E-state index in [4.69, 9.17) is 0 Å². The molecule has 1 atom stereocenters. The molecule has 2 nitrogen and oxygen atoms in total. The summed E-state index contributed by atoms with van der Waals surface area (Å²) in [5.41, 5.74) is 2.81. The first-order chi connectivity index (χ1) is 11.6. The van der Waals surface area contributed by atoms with E-state index in [0.29, 0.717) is 10.1 Å². The summed E-state index contributed by atoms with van der Waals surface area (Å²) in [6.07, 6.45) is 1.27. The molecule has 1 saturated heterocycles. The molecule has 1 amide bonds. The number of hydrogen-bond acceptors (Lipinski definition) is 3. The van der Waals surface area contributed by atoms with Crippen LogP contribution in [0.2, 0.25) is 0 Å². The van der Waals surface area contributed by atoms with E-state index >= 15 is 0 Å². The van der Waals surface area contributed by atoms with E-state index in [1.54, 1.807) is 12.1 Å². The van der Waals surface area contributed by atoms with Crippen LogP contribution in [0.25, 0.3) is 0 Å². The second kappa shape index (κ2) is 8.08. The van der Waals surface area contributed by atoms with Crippen LogP contribution < -0.4 is 5.32 Å². The fraction of sp³-hybridized carbons (Fsp3) is 0.316. The molecule has 5 heteroatoms. The molecule has 3 rings (SSSR count). The first-order valence-corrected chi connectivity index (χ1v) is 10.1. The van der Waals surface area contributed by atoms with E-state index in [-0.39, 0.29) is 17.8 Å². The molecule has 0 aromatic heterocycles. The van der Waals surface area contributed by atoms with Crippen LogP contribution in [-0.4, -0.2) is 17.4 Å². The number of benzene rings is 2. The van der Waals surface area contributed by atoms with Gasteiger partial charge in [-0.1, -0.05) is 24.3 Å². The van der Waals surface area contributed by atoms with Crippen LogP contribution in [0.5, 0.6) is 0 Å². The number of halogens is 1. The molecular weight excluding hydrogens is 341 g/mol. The fourth-order valence-electron chi connectivity index (χ4n) is 2.59. The maximum atomic E-state index is 13.0. The highest BCUT2D eigenvalue weighted by molar-refractivity contribution is 8.16. The van der Waals surface area contributed by atoms with Crippen molar-refractivity contribution < 1.29 is 9.18 Å². The Labute approximate surface area is 150 Å². The van der Waals surface area contributed by atoms with E-state index in [1.807, 2.05) is 54.7 Å². The fourth-order valence-corrected chi connectivity index (χ4v) is 5.48. The van der Waals surface area contributed by atoms with E-state index in [1.165, 1.54) is 35.6 Å². The van der Waals surface area contributed by atoms with Gasteiger partial charge in [-0.25, -0.2) is 4.39 Å². The molecule has 0 radical (unpaired) electrons. The minimum absolute atomic E-state index is 0.109. The summed E-state index contributed by atoms with van der Waals surface area (Å²) < 4.78 is 13.5. The van der Waals surface area contributed by atoms with Gasteiger partial charge in [0.25, 0.3) is 5.91 Å². The van der Waals surface area contributed by atoms with Crippen molar-refractivity contribution in [1.82, 2.24) is 5.32 Å². The van der Waals surface area contributed by atoms with Crippen LogP contribution >= 0.6 is 23.5 Å². The van der Waals surface area contributed by atoms with Gasteiger partial charge < -0.3 is 5.32 Å². The van der Waals surface area contributed by atoms with Crippen LogP contribution in [0.4, 0.5) is 4.39 Å². The van der Waals surface area contributed by atoms with Gasteiger partial charge in [-0.05, 0) is 60.2 Å². The monoisotopic (exact) mass is 361 g/mol. The molecule has 2 aromatic rings. The molecule has 1 aliphatic rings. The highest BCUT2D eigenvalue weighted by Gasteiger charge is 2.17. The minimum Gasteiger partial charge on any atom is -0.346 e. The third-order valence-electron chi connectivity index (χ3n) is 3.99. The normalized spacial score (nSPS) is 16.6. The molecule has 24 heavy (non-hydrogen) atoms. The van der Waals surface area contributed by atoms with Crippen LogP contribution in [0.3, 0.4) is 0 Å². The lowest BCUT2D eigenvalue weighted by molar-refractivity contribution is 0.0940. The van der Waals surface area contributed by atoms with Crippen molar-refractivity contribution in [3.63, 3.8) is 0 Å². The maximum absolute atomic E-state index is 13.0. The Balaban J connectivity index is 1.63. The molecule has 1 heterocycles. The van der Waals surface area contributed by atoms with E-state index in [2.05, 4.69) is 5.32 Å². The van der Waals surface area contributed by atoms with Crippen LogP contribution in [0.1, 0.15) is 45.5 Å². The van der Waals surface area contributed by atoms with Crippen LogP contribution in [-0.2, 0) is 0 Å². The topological polar surface area (TPSA) is 29.1 Å². The summed E-state index contributed by atoms with van der Waals surface area (Å²) in [7, 11) is 0. The maximum Gasteiger partial charge on any atom is 0.251 e. The Hall–Kier alpha value is -1.46. The van der Waals surface area contributed by atoms with Crippen molar-refractivity contribution >= 4 is 29.4 Å². The zero-order chi connectivity index (χ0) is 16.9. The smallest absolute Gasteiger partial charge is 0.251 e. The minimum atomic E-state index is -0.272. The molecule has 1 N–H and O–H groups in total. The van der Waals surface area contributed by atoms with Gasteiger partial charge in [0.15, 0.2) is 0 Å². The number of carbonyl (C=O) groups is 1. The van der Waals surface area contributed by atoms with Gasteiger partial charge in [-0.2, -0.15) is 0 Å². The molecule has 2 aromatic carbocycles. The Bertz CT molecular complexity index is 682. The molecule has 0 saturated carbocycles. The van der Waals surface area contributed by atoms with Crippen molar-refractivity contribution in [3.8, 4) is 0 Å².